The van der Waals surface area contributed by atoms with Crippen molar-refractivity contribution < 1.29 is 24.5 Å². The summed E-state index contributed by atoms with van der Waals surface area (Å²) in [4.78, 5) is 24.5. The van der Waals surface area contributed by atoms with E-state index in [1.165, 1.54) is 193 Å². The maximum Gasteiger partial charge on any atom is 0.305 e. The number of nitrogens with one attached hydrogen (secondary N) is 1. The van der Waals surface area contributed by atoms with Gasteiger partial charge in [-0.25, -0.2) is 0 Å². The first kappa shape index (κ1) is 60.3. The number of aliphatic hydroxyl groups excluding tert-OH is 2. The van der Waals surface area contributed by atoms with E-state index in [4.69, 9.17) is 4.74 Å². The molecular formula is C56H107NO5. The van der Waals surface area contributed by atoms with Crippen LogP contribution < -0.4 is 5.32 Å². The second kappa shape index (κ2) is 52.0. The van der Waals surface area contributed by atoms with E-state index < -0.39 is 12.1 Å². The van der Waals surface area contributed by atoms with Crippen LogP contribution in [0.4, 0.5) is 0 Å². The molecule has 0 aromatic heterocycles. The van der Waals surface area contributed by atoms with Gasteiger partial charge in [-0.15, -0.1) is 0 Å². The SMILES string of the molecule is CCCCCCCC/C=C\CCCCCCCCCCCC(=O)OCCCCCC/C=C\CCCCCCCCCC(=O)NC(CO)C(O)CCCCCCCCCCCCC. The summed E-state index contributed by atoms with van der Waals surface area (Å²) in [6.07, 6.45) is 61.6. The third-order valence-corrected chi connectivity index (χ3v) is 12.7. The van der Waals surface area contributed by atoms with Crippen LogP contribution in [-0.4, -0.2) is 47.4 Å². The van der Waals surface area contributed by atoms with Gasteiger partial charge in [0.05, 0.1) is 25.4 Å². The van der Waals surface area contributed by atoms with Crippen molar-refractivity contribution in [2.24, 2.45) is 0 Å². The highest BCUT2D eigenvalue weighted by Gasteiger charge is 2.20. The number of aliphatic hydroxyl groups is 2. The van der Waals surface area contributed by atoms with Crippen molar-refractivity contribution in [3.63, 3.8) is 0 Å². The lowest BCUT2D eigenvalue weighted by molar-refractivity contribution is -0.143. The van der Waals surface area contributed by atoms with E-state index in [2.05, 4.69) is 43.5 Å². The summed E-state index contributed by atoms with van der Waals surface area (Å²) in [7, 11) is 0. The second-order valence-electron chi connectivity index (χ2n) is 18.9. The van der Waals surface area contributed by atoms with Gasteiger partial charge in [-0.1, -0.05) is 231 Å². The standard InChI is InChI=1S/C56H107NO5/c1-3-5-7-9-11-13-15-16-17-18-19-20-23-26-30-34-38-42-46-50-56(61)62-51-47-43-39-35-31-27-24-21-22-25-29-33-37-41-45-49-55(60)57-53(52-58)54(59)48-44-40-36-32-28-14-12-10-8-6-4-2/h16-17,24,27,53-54,58-59H,3-15,18-23,25-26,28-52H2,1-2H3,(H,57,60)/b17-16-,27-24-. The Morgan fingerprint density at radius 1 is 0.435 bits per heavy atom. The van der Waals surface area contributed by atoms with E-state index >= 15 is 0 Å². The van der Waals surface area contributed by atoms with Crippen molar-refractivity contribution in [1.29, 1.82) is 0 Å². The van der Waals surface area contributed by atoms with Crippen LogP contribution in [-0.2, 0) is 14.3 Å². The highest BCUT2D eigenvalue weighted by Crippen LogP contribution is 2.16. The molecule has 0 bridgehead atoms. The van der Waals surface area contributed by atoms with Crippen molar-refractivity contribution in [3.05, 3.63) is 24.3 Å². The van der Waals surface area contributed by atoms with Crippen molar-refractivity contribution in [1.82, 2.24) is 5.32 Å². The number of carbonyl (C=O) groups excluding carboxylic acids is 2. The van der Waals surface area contributed by atoms with Crippen molar-refractivity contribution in [2.45, 2.75) is 309 Å². The van der Waals surface area contributed by atoms with Gasteiger partial charge in [0.1, 0.15) is 0 Å². The zero-order chi connectivity index (χ0) is 45.1. The molecule has 2 atom stereocenters. The maximum atomic E-state index is 12.4. The molecule has 6 heteroatoms. The summed E-state index contributed by atoms with van der Waals surface area (Å²) in [5.74, 6) is -0.0618. The van der Waals surface area contributed by atoms with Gasteiger partial charge in [-0.05, 0) is 77.0 Å². The third kappa shape index (κ3) is 47.8. The lowest BCUT2D eigenvalue weighted by Gasteiger charge is -2.22. The average Bonchev–Trinajstić information content (AvgIpc) is 3.27. The Morgan fingerprint density at radius 3 is 1.15 bits per heavy atom. The van der Waals surface area contributed by atoms with E-state index in [9.17, 15) is 19.8 Å². The molecule has 366 valence electrons. The molecule has 2 unspecified atom stereocenters. The minimum absolute atomic E-state index is 0.0106. The number of rotatable bonds is 51. The number of allylic oxidation sites excluding steroid dienone is 4. The van der Waals surface area contributed by atoms with Crippen LogP contribution >= 0.6 is 0 Å². The largest absolute Gasteiger partial charge is 0.466 e. The molecule has 3 N–H and O–H groups in total. The van der Waals surface area contributed by atoms with E-state index in [-0.39, 0.29) is 18.5 Å². The molecule has 0 aromatic rings. The summed E-state index contributed by atoms with van der Waals surface area (Å²) in [5.41, 5.74) is 0. The molecule has 0 heterocycles. The van der Waals surface area contributed by atoms with Crippen LogP contribution in [0.5, 0.6) is 0 Å². The Morgan fingerprint density at radius 2 is 0.758 bits per heavy atom. The smallest absolute Gasteiger partial charge is 0.305 e. The van der Waals surface area contributed by atoms with Gasteiger partial charge in [-0.3, -0.25) is 9.59 Å². The van der Waals surface area contributed by atoms with Gasteiger partial charge in [0.15, 0.2) is 0 Å². The van der Waals surface area contributed by atoms with Crippen LogP contribution in [0.15, 0.2) is 24.3 Å². The Kier molecular flexibility index (Phi) is 50.6. The fourth-order valence-electron chi connectivity index (χ4n) is 8.45. The summed E-state index contributed by atoms with van der Waals surface area (Å²) in [6.45, 7) is 4.91. The van der Waals surface area contributed by atoms with Crippen LogP contribution in [0.3, 0.4) is 0 Å². The highest BCUT2D eigenvalue weighted by atomic mass is 16.5. The van der Waals surface area contributed by atoms with E-state index in [0.717, 1.165) is 70.6 Å². The molecule has 0 spiro atoms. The fraction of sp³-hybridized carbons (Fsp3) is 0.893. The molecule has 0 radical (unpaired) electrons. The van der Waals surface area contributed by atoms with Crippen LogP contribution in [0, 0.1) is 0 Å². The van der Waals surface area contributed by atoms with Crippen molar-refractivity contribution >= 4 is 11.9 Å². The van der Waals surface area contributed by atoms with E-state index in [0.29, 0.717) is 25.9 Å². The molecule has 0 aliphatic carbocycles. The minimum atomic E-state index is -0.672. The first-order valence-electron chi connectivity index (χ1n) is 27.6. The number of ether oxygens (including phenoxy) is 1. The maximum absolute atomic E-state index is 12.4. The molecule has 0 saturated carbocycles. The zero-order valence-electron chi connectivity index (χ0n) is 41.6. The number of esters is 1. The Labute approximate surface area is 386 Å². The highest BCUT2D eigenvalue weighted by molar-refractivity contribution is 5.76. The summed E-state index contributed by atoms with van der Waals surface area (Å²) in [5, 5.41) is 23.1. The van der Waals surface area contributed by atoms with Crippen LogP contribution in [0.2, 0.25) is 0 Å². The van der Waals surface area contributed by atoms with Gasteiger partial charge in [0.2, 0.25) is 5.91 Å². The summed E-state index contributed by atoms with van der Waals surface area (Å²) < 4.78 is 5.47. The van der Waals surface area contributed by atoms with Crippen molar-refractivity contribution in [3.8, 4) is 0 Å². The lowest BCUT2D eigenvalue weighted by atomic mass is 10.0. The number of amides is 1. The van der Waals surface area contributed by atoms with Gasteiger partial charge in [-0.2, -0.15) is 0 Å². The average molecular weight is 874 g/mol. The van der Waals surface area contributed by atoms with Crippen LogP contribution in [0.1, 0.15) is 296 Å². The Balaban J connectivity index is 3.44. The Bertz CT molecular complexity index is 966. The third-order valence-electron chi connectivity index (χ3n) is 12.7. The molecule has 0 saturated heterocycles. The fourth-order valence-corrected chi connectivity index (χ4v) is 8.45. The van der Waals surface area contributed by atoms with Gasteiger partial charge in [0.25, 0.3) is 0 Å². The number of hydrogen-bond donors (Lipinski definition) is 3. The normalized spacial score (nSPS) is 12.8. The van der Waals surface area contributed by atoms with E-state index in [1.54, 1.807) is 0 Å². The Hall–Kier alpha value is -1.66. The summed E-state index contributed by atoms with van der Waals surface area (Å²) >= 11 is 0. The zero-order valence-corrected chi connectivity index (χ0v) is 41.6. The molecule has 0 rings (SSSR count). The van der Waals surface area contributed by atoms with E-state index in [1.807, 2.05) is 0 Å². The molecule has 6 nitrogen and oxygen atoms in total. The predicted octanol–water partition coefficient (Wildman–Crippen LogP) is 16.7. The molecular weight excluding hydrogens is 767 g/mol. The number of hydrogen-bond acceptors (Lipinski definition) is 5. The van der Waals surface area contributed by atoms with Crippen molar-refractivity contribution in [2.75, 3.05) is 13.2 Å². The minimum Gasteiger partial charge on any atom is -0.466 e. The quantitative estimate of drug-likeness (QED) is 0.0321. The predicted molar refractivity (Wildman–Crippen MR) is 269 cm³/mol. The summed E-state index contributed by atoms with van der Waals surface area (Å²) in [6, 6.07) is -0.551. The molecule has 62 heavy (non-hydrogen) atoms. The number of carbonyl (C=O) groups is 2. The first-order valence-corrected chi connectivity index (χ1v) is 27.6. The van der Waals surface area contributed by atoms with Gasteiger partial charge >= 0.3 is 5.97 Å². The first-order chi connectivity index (χ1) is 30.5. The monoisotopic (exact) mass is 874 g/mol. The lowest BCUT2D eigenvalue weighted by Crippen LogP contribution is -2.45. The molecule has 0 aliphatic rings. The molecule has 1 amide bonds. The molecule has 0 fully saturated rings. The topological polar surface area (TPSA) is 95.9 Å². The van der Waals surface area contributed by atoms with Gasteiger partial charge in [0, 0.05) is 12.8 Å². The van der Waals surface area contributed by atoms with Crippen LogP contribution in [0.25, 0.3) is 0 Å². The van der Waals surface area contributed by atoms with Gasteiger partial charge < -0.3 is 20.3 Å². The second-order valence-corrected chi connectivity index (χ2v) is 18.9. The molecule has 0 aromatic carbocycles. The number of unbranched alkanes of at least 4 members (excludes halogenated alkanes) is 36. The molecule has 0 aliphatic heterocycles.